The maximum atomic E-state index is 13.7. The molecule has 190 valence electrons. The Balaban J connectivity index is 2.02. The summed E-state index contributed by atoms with van der Waals surface area (Å²) in [5.74, 6) is -0.878. The van der Waals surface area contributed by atoms with Gasteiger partial charge in [-0.05, 0) is 84.5 Å². The molecule has 0 fully saturated rings. The smallest absolute Gasteiger partial charge is 0.264 e. The molecule has 3 rings (SSSR count). The van der Waals surface area contributed by atoms with Crippen molar-refractivity contribution in [3.05, 3.63) is 93.0 Å². The number of rotatable bonds is 10. The van der Waals surface area contributed by atoms with E-state index in [2.05, 4.69) is 27.9 Å². The molecular weight excluding hydrogens is 613 g/mol. The van der Waals surface area contributed by atoms with Crippen molar-refractivity contribution >= 4 is 61.7 Å². The molecule has 0 bridgehead atoms. The first-order valence-corrected chi connectivity index (χ1v) is 14.2. The molecule has 0 aliphatic carbocycles. The molecule has 0 saturated heterocycles. The average molecular weight is 640 g/mol. The third kappa shape index (κ3) is 6.77. The molecule has 10 heteroatoms. The number of hydrogen-bond acceptors (Lipinski definition) is 4. The lowest BCUT2D eigenvalue weighted by Crippen LogP contribution is -2.51. The first kappa shape index (κ1) is 27.9. The van der Waals surface area contributed by atoms with E-state index in [1.165, 1.54) is 17.0 Å². The lowest BCUT2D eigenvalue weighted by atomic mass is 10.1. The molecule has 0 aliphatic rings. The van der Waals surface area contributed by atoms with Gasteiger partial charge in [-0.3, -0.25) is 13.9 Å². The second-order valence-corrected chi connectivity index (χ2v) is 11.5. The third-order valence-electron chi connectivity index (χ3n) is 5.54. The summed E-state index contributed by atoms with van der Waals surface area (Å²) >= 11 is 8.47. The highest BCUT2D eigenvalue weighted by atomic mass is 127. The SMILES string of the molecule is CCNC(=O)[C@@H](C)N(Cc1ccccc1Cl)C(=O)CN(c1ccc(I)cc1)S(=O)(=O)c1ccccc1. The number of halogens is 2. The molecule has 0 saturated carbocycles. The number of hydrogen-bond donors (Lipinski definition) is 1. The van der Waals surface area contributed by atoms with Crippen molar-refractivity contribution in [1.29, 1.82) is 0 Å². The van der Waals surface area contributed by atoms with E-state index in [-0.39, 0.29) is 17.3 Å². The Hall–Kier alpha value is -2.63. The van der Waals surface area contributed by atoms with Crippen LogP contribution in [0, 0.1) is 3.57 Å². The molecule has 0 aromatic heterocycles. The van der Waals surface area contributed by atoms with Crippen LogP contribution >= 0.6 is 34.2 Å². The Morgan fingerprint density at radius 2 is 1.58 bits per heavy atom. The molecule has 1 atom stereocenters. The van der Waals surface area contributed by atoms with Crippen LogP contribution in [0.15, 0.2) is 83.8 Å². The van der Waals surface area contributed by atoms with Crippen LogP contribution in [0.25, 0.3) is 0 Å². The normalized spacial score (nSPS) is 12.0. The molecule has 3 aromatic rings. The first-order chi connectivity index (χ1) is 17.1. The number of carbonyl (C=O) groups is 2. The molecule has 2 amide bonds. The Bertz CT molecular complexity index is 1300. The van der Waals surface area contributed by atoms with Gasteiger partial charge < -0.3 is 10.2 Å². The minimum absolute atomic E-state index is 0.0444. The van der Waals surface area contributed by atoms with Crippen LogP contribution in [-0.4, -0.2) is 44.3 Å². The predicted octanol–water partition coefficient (Wildman–Crippen LogP) is 4.69. The zero-order valence-corrected chi connectivity index (χ0v) is 23.6. The van der Waals surface area contributed by atoms with Crippen molar-refractivity contribution in [1.82, 2.24) is 10.2 Å². The molecule has 0 aliphatic heterocycles. The van der Waals surface area contributed by atoms with Gasteiger partial charge in [-0.1, -0.05) is 48.0 Å². The summed E-state index contributed by atoms with van der Waals surface area (Å²) in [6.07, 6.45) is 0. The molecule has 0 unspecified atom stereocenters. The van der Waals surface area contributed by atoms with E-state index in [1.807, 2.05) is 0 Å². The van der Waals surface area contributed by atoms with Crippen molar-refractivity contribution in [3.63, 3.8) is 0 Å². The van der Waals surface area contributed by atoms with Crippen molar-refractivity contribution in [2.24, 2.45) is 0 Å². The van der Waals surface area contributed by atoms with Gasteiger partial charge in [0.2, 0.25) is 11.8 Å². The van der Waals surface area contributed by atoms with Gasteiger partial charge in [0.05, 0.1) is 10.6 Å². The van der Waals surface area contributed by atoms with Crippen molar-refractivity contribution in [3.8, 4) is 0 Å². The molecule has 1 N–H and O–H groups in total. The summed E-state index contributed by atoms with van der Waals surface area (Å²) in [6, 6.07) is 21.0. The van der Waals surface area contributed by atoms with Crippen LogP contribution in [-0.2, 0) is 26.2 Å². The van der Waals surface area contributed by atoms with Crippen molar-refractivity contribution < 1.29 is 18.0 Å². The second-order valence-electron chi connectivity index (χ2n) is 7.98. The minimum atomic E-state index is -4.08. The largest absolute Gasteiger partial charge is 0.355 e. The fraction of sp³-hybridized carbons (Fsp3) is 0.231. The maximum Gasteiger partial charge on any atom is 0.264 e. The number of sulfonamides is 1. The van der Waals surface area contributed by atoms with Crippen LogP contribution < -0.4 is 9.62 Å². The van der Waals surface area contributed by atoms with Gasteiger partial charge in [0.25, 0.3) is 10.0 Å². The molecule has 36 heavy (non-hydrogen) atoms. The number of nitrogens with zero attached hydrogens (tertiary/aromatic N) is 2. The van der Waals surface area contributed by atoms with Crippen LogP contribution in [0.1, 0.15) is 19.4 Å². The van der Waals surface area contributed by atoms with Crippen LogP contribution in [0.2, 0.25) is 5.02 Å². The highest BCUT2D eigenvalue weighted by molar-refractivity contribution is 14.1. The van der Waals surface area contributed by atoms with Gasteiger partial charge >= 0.3 is 0 Å². The highest BCUT2D eigenvalue weighted by Gasteiger charge is 2.32. The average Bonchev–Trinajstić information content (AvgIpc) is 2.87. The van der Waals surface area contributed by atoms with Crippen molar-refractivity contribution in [2.75, 3.05) is 17.4 Å². The summed E-state index contributed by atoms with van der Waals surface area (Å²) in [4.78, 5) is 27.9. The molecule has 0 spiro atoms. The molecular formula is C26H27ClIN3O4S. The van der Waals surface area contributed by atoms with E-state index in [9.17, 15) is 18.0 Å². The van der Waals surface area contributed by atoms with E-state index in [0.717, 1.165) is 7.88 Å². The zero-order valence-electron chi connectivity index (χ0n) is 19.9. The maximum absolute atomic E-state index is 13.7. The standard InChI is InChI=1S/C26H27ClIN3O4S/c1-3-29-26(33)19(2)30(17-20-9-7-8-12-24(20)27)25(32)18-31(22-15-13-21(28)14-16-22)36(34,35)23-10-5-4-6-11-23/h4-16,19H,3,17-18H2,1-2H3,(H,29,33)/t19-/m1/s1. The quantitative estimate of drug-likeness (QED) is 0.326. The van der Waals surface area contributed by atoms with Gasteiger partial charge in [0.1, 0.15) is 12.6 Å². The van der Waals surface area contributed by atoms with E-state index < -0.39 is 28.5 Å². The summed E-state index contributed by atoms with van der Waals surface area (Å²) in [5.41, 5.74) is 0.992. The lowest BCUT2D eigenvalue weighted by molar-refractivity contribution is -0.139. The predicted molar refractivity (Wildman–Crippen MR) is 150 cm³/mol. The summed E-state index contributed by atoms with van der Waals surface area (Å²) in [5, 5.41) is 3.18. The third-order valence-corrected chi connectivity index (χ3v) is 8.42. The highest BCUT2D eigenvalue weighted by Crippen LogP contribution is 2.26. The molecule has 7 nitrogen and oxygen atoms in total. The number of likely N-dealkylation sites (N-methyl/N-ethyl adjacent to an activating group) is 1. The Labute approximate surface area is 230 Å². The Morgan fingerprint density at radius 1 is 0.972 bits per heavy atom. The fourth-order valence-corrected chi connectivity index (χ4v) is 5.56. The Morgan fingerprint density at radius 3 is 2.19 bits per heavy atom. The second kappa shape index (κ2) is 12.6. The number of benzene rings is 3. The fourth-order valence-electron chi connectivity index (χ4n) is 3.57. The van der Waals surface area contributed by atoms with Gasteiger partial charge in [-0.25, -0.2) is 8.42 Å². The summed E-state index contributed by atoms with van der Waals surface area (Å²) < 4.78 is 29.3. The van der Waals surface area contributed by atoms with Gasteiger partial charge in [0.15, 0.2) is 0 Å². The minimum Gasteiger partial charge on any atom is -0.355 e. The number of carbonyl (C=O) groups excluding carboxylic acids is 2. The van der Waals surface area contributed by atoms with E-state index in [1.54, 1.807) is 80.6 Å². The van der Waals surface area contributed by atoms with E-state index in [0.29, 0.717) is 22.8 Å². The van der Waals surface area contributed by atoms with E-state index in [4.69, 9.17) is 11.6 Å². The van der Waals surface area contributed by atoms with Gasteiger partial charge in [-0.15, -0.1) is 0 Å². The zero-order chi connectivity index (χ0) is 26.3. The number of amides is 2. The molecule has 0 heterocycles. The number of anilines is 1. The van der Waals surface area contributed by atoms with Crippen LogP contribution in [0.4, 0.5) is 5.69 Å². The van der Waals surface area contributed by atoms with Gasteiger partial charge in [0, 0.05) is 21.7 Å². The first-order valence-electron chi connectivity index (χ1n) is 11.3. The monoisotopic (exact) mass is 639 g/mol. The van der Waals surface area contributed by atoms with Crippen molar-refractivity contribution in [2.45, 2.75) is 31.3 Å². The van der Waals surface area contributed by atoms with Crippen LogP contribution in [0.5, 0.6) is 0 Å². The Kier molecular flexibility index (Phi) is 9.75. The summed E-state index contributed by atoms with van der Waals surface area (Å²) in [6.45, 7) is 3.35. The summed E-state index contributed by atoms with van der Waals surface area (Å²) in [7, 11) is -4.08. The lowest BCUT2D eigenvalue weighted by Gasteiger charge is -2.32. The topological polar surface area (TPSA) is 86.8 Å². The van der Waals surface area contributed by atoms with Crippen LogP contribution in [0.3, 0.4) is 0 Å². The van der Waals surface area contributed by atoms with Gasteiger partial charge in [-0.2, -0.15) is 0 Å². The van der Waals surface area contributed by atoms with E-state index >= 15 is 0 Å². The molecule has 3 aromatic carbocycles. The number of nitrogens with one attached hydrogen (secondary N) is 1. The molecule has 0 radical (unpaired) electrons.